The van der Waals surface area contributed by atoms with E-state index in [9.17, 15) is 14.4 Å². The van der Waals surface area contributed by atoms with Gasteiger partial charge in [-0.2, -0.15) is 0 Å². The maximum Gasteiger partial charge on any atom is 0.303 e. The lowest BCUT2D eigenvalue weighted by molar-refractivity contribution is -0.137. The SMILES string of the molecule is O=C(O)C[C@@H]1CC(=O)c2cc(N3CC[C@@H](Oc4ccc(OCC5CC5)nc4)C3=O)ccc21. The third-order valence-corrected chi connectivity index (χ3v) is 6.25. The Labute approximate surface area is 185 Å². The van der Waals surface area contributed by atoms with E-state index in [1.165, 1.54) is 12.8 Å². The molecule has 8 nitrogen and oxygen atoms in total. The number of rotatable bonds is 8. The zero-order chi connectivity index (χ0) is 22.2. The Kier molecular flexibility index (Phi) is 5.28. The number of carboxylic acids is 1. The first-order valence-corrected chi connectivity index (χ1v) is 10.9. The number of benzene rings is 1. The Balaban J connectivity index is 1.24. The number of ketones is 1. The third kappa shape index (κ3) is 4.17. The smallest absolute Gasteiger partial charge is 0.303 e. The molecule has 0 bridgehead atoms. The number of carboxylic acid groups (broad SMARTS) is 1. The van der Waals surface area contributed by atoms with E-state index in [0.29, 0.717) is 48.4 Å². The van der Waals surface area contributed by atoms with Crippen LogP contribution in [-0.2, 0) is 9.59 Å². The fraction of sp³-hybridized carbons (Fsp3) is 0.417. The second kappa shape index (κ2) is 8.26. The van der Waals surface area contributed by atoms with Crippen LogP contribution in [0.4, 0.5) is 5.69 Å². The molecule has 8 heteroatoms. The van der Waals surface area contributed by atoms with E-state index in [0.717, 1.165) is 5.56 Å². The lowest BCUT2D eigenvalue weighted by atomic mass is 9.97. The maximum absolute atomic E-state index is 12.9. The van der Waals surface area contributed by atoms with Crippen LogP contribution in [-0.4, -0.2) is 47.0 Å². The summed E-state index contributed by atoms with van der Waals surface area (Å²) in [6, 6.07) is 8.75. The summed E-state index contributed by atoms with van der Waals surface area (Å²) >= 11 is 0. The Morgan fingerprint density at radius 3 is 2.72 bits per heavy atom. The minimum absolute atomic E-state index is 0.0743. The summed E-state index contributed by atoms with van der Waals surface area (Å²) in [7, 11) is 0. The number of ether oxygens (including phenoxy) is 2. The van der Waals surface area contributed by atoms with Crippen molar-refractivity contribution in [3.8, 4) is 11.6 Å². The van der Waals surface area contributed by atoms with E-state index in [1.54, 1.807) is 41.4 Å². The molecular weight excluding hydrogens is 412 g/mol. The topological polar surface area (TPSA) is 106 Å². The van der Waals surface area contributed by atoms with Gasteiger partial charge < -0.3 is 19.5 Å². The van der Waals surface area contributed by atoms with Gasteiger partial charge in [-0.3, -0.25) is 14.4 Å². The first-order valence-electron chi connectivity index (χ1n) is 10.9. The van der Waals surface area contributed by atoms with Crippen LogP contribution in [0.3, 0.4) is 0 Å². The molecule has 2 fully saturated rings. The van der Waals surface area contributed by atoms with Gasteiger partial charge in [-0.05, 0) is 42.5 Å². The molecule has 0 unspecified atom stereocenters. The van der Waals surface area contributed by atoms with Crippen molar-refractivity contribution in [1.29, 1.82) is 0 Å². The van der Waals surface area contributed by atoms with Gasteiger partial charge in [0.2, 0.25) is 5.88 Å². The summed E-state index contributed by atoms with van der Waals surface area (Å²) in [5, 5.41) is 9.07. The number of Topliss-reactive ketones (excluding diaryl/α,β-unsaturated/α-hetero) is 1. The van der Waals surface area contributed by atoms with Crippen molar-refractivity contribution in [3.63, 3.8) is 0 Å². The first-order chi connectivity index (χ1) is 15.5. The van der Waals surface area contributed by atoms with E-state index in [4.69, 9.17) is 14.6 Å². The predicted molar refractivity (Wildman–Crippen MR) is 114 cm³/mol. The zero-order valence-corrected chi connectivity index (χ0v) is 17.5. The van der Waals surface area contributed by atoms with Crippen LogP contribution in [0, 0.1) is 5.92 Å². The highest BCUT2D eigenvalue weighted by Gasteiger charge is 2.36. The van der Waals surface area contributed by atoms with Gasteiger partial charge in [0.15, 0.2) is 11.9 Å². The van der Waals surface area contributed by atoms with Gasteiger partial charge in [-0.25, -0.2) is 4.98 Å². The Hall–Kier alpha value is -3.42. The van der Waals surface area contributed by atoms with Gasteiger partial charge in [0.05, 0.1) is 19.2 Å². The van der Waals surface area contributed by atoms with Crippen LogP contribution in [0.15, 0.2) is 36.5 Å². The van der Waals surface area contributed by atoms with Gasteiger partial charge in [0.25, 0.3) is 5.91 Å². The molecule has 0 radical (unpaired) electrons. The molecular formula is C24H24N2O6. The summed E-state index contributed by atoms with van der Waals surface area (Å²) in [6.07, 6.45) is 4.00. The van der Waals surface area contributed by atoms with Crippen LogP contribution in [0.2, 0.25) is 0 Å². The van der Waals surface area contributed by atoms with Crippen LogP contribution in [0.1, 0.15) is 53.9 Å². The van der Waals surface area contributed by atoms with Crippen molar-refractivity contribution < 1.29 is 29.0 Å². The molecule has 1 amide bonds. The van der Waals surface area contributed by atoms with Gasteiger partial charge in [-0.15, -0.1) is 0 Å². The lowest BCUT2D eigenvalue weighted by Gasteiger charge is -2.18. The van der Waals surface area contributed by atoms with Crippen molar-refractivity contribution in [2.45, 2.75) is 44.1 Å². The molecule has 1 N–H and O–H groups in total. The maximum atomic E-state index is 12.9. The number of carbonyl (C=O) groups is 3. The quantitative estimate of drug-likeness (QED) is 0.677. The van der Waals surface area contributed by atoms with Gasteiger partial charge in [-0.1, -0.05) is 6.07 Å². The molecule has 2 atom stereocenters. The molecule has 3 aliphatic rings. The number of amides is 1. The molecule has 1 aromatic carbocycles. The molecule has 32 heavy (non-hydrogen) atoms. The van der Waals surface area contributed by atoms with Crippen molar-refractivity contribution in [2.75, 3.05) is 18.1 Å². The molecule has 1 saturated heterocycles. The fourth-order valence-corrected chi connectivity index (χ4v) is 4.34. The van der Waals surface area contributed by atoms with Crippen LogP contribution < -0.4 is 14.4 Å². The average molecular weight is 436 g/mol. The number of hydrogen-bond acceptors (Lipinski definition) is 6. The molecule has 1 saturated carbocycles. The average Bonchev–Trinajstić information content (AvgIpc) is 3.48. The number of aromatic nitrogens is 1. The molecule has 0 spiro atoms. The molecule has 2 aromatic rings. The third-order valence-electron chi connectivity index (χ3n) is 6.25. The number of hydrogen-bond donors (Lipinski definition) is 1. The second-order valence-corrected chi connectivity index (χ2v) is 8.67. The van der Waals surface area contributed by atoms with Crippen molar-refractivity contribution in [3.05, 3.63) is 47.7 Å². The Bertz CT molecular complexity index is 1060. The van der Waals surface area contributed by atoms with Crippen molar-refractivity contribution in [2.24, 2.45) is 5.92 Å². The van der Waals surface area contributed by atoms with Crippen LogP contribution >= 0.6 is 0 Å². The number of nitrogens with zero attached hydrogens (tertiary/aromatic N) is 2. The predicted octanol–water partition coefficient (Wildman–Crippen LogP) is 3.20. The highest BCUT2D eigenvalue weighted by Crippen LogP contribution is 2.38. The molecule has 2 heterocycles. The molecule has 1 aliphatic heterocycles. The summed E-state index contributed by atoms with van der Waals surface area (Å²) < 4.78 is 11.5. The normalized spacial score (nSPS) is 22.2. The van der Waals surface area contributed by atoms with Gasteiger partial charge >= 0.3 is 5.97 Å². The van der Waals surface area contributed by atoms with Gasteiger partial charge in [0.1, 0.15) is 5.75 Å². The molecule has 1 aromatic heterocycles. The van der Waals surface area contributed by atoms with E-state index >= 15 is 0 Å². The summed E-state index contributed by atoms with van der Waals surface area (Å²) in [4.78, 5) is 42.3. The minimum atomic E-state index is -0.925. The molecule has 5 rings (SSSR count). The van der Waals surface area contributed by atoms with Gasteiger partial charge in [0, 0.05) is 42.6 Å². The van der Waals surface area contributed by atoms with Crippen molar-refractivity contribution >= 4 is 23.3 Å². The molecule has 166 valence electrons. The first kappa shape index (κ1) is 20.5. The van der Waals surface area contributed by atoms with Crippen LogP contribution in [0.5, 0.6) is 11.6 Å². The summed E-state index contributed by atoms with van der Waals surface area (Å²) in [5.74, 6) is 0.211. The molecule has 2 aliphatic carbocycles. The largest absolute Gasteiger partial charge is 0.481 e. The lowest BCUT2D eigenvalue weighted by Crippen LogP contribution is -2.32. The number of pyridine rings is 1. The monoisotopic (exact) mass is 436 g/mol. The standard InChI is InChI=1S/C24H24N2O6/c27-20-9-15(10-23(28)29)18-5-3-16(11-19(18)20)26-8-7-21(24(26)30)32-17-4-6-22(25-12-17)31-13-14-1-2-14/h3-6,11-12,14-15,21H,1-2,7-10,13H2,(H,28,29)/t15-,21+/m0/s1. The highest BCUT2D eigenvalue weighted by molar-refractivity contribution is 6.04. The number of fused-ring (bicyclic) bond motifs is 1. The van der Waals surface area contributed by atoms with Crippen LogP contribution in [0.25, 0.3) is 0 Å². The Morgan fingerprint density at radius 2 is 2.00 bits per heavy atom. The zero-order valence-electron chi connectivity index (χ0n) is 17.5. The van der Waals surface area contributed by atoms with E-state index in [1.807, 2.05) is 0 Å². The second-order valence-electron chi connectivity index (χ2n) is 8.67. The van der Waals surface area contributed by atoms with Crippen molar-refractivity contribution in [1.82, 2.24) is 4.98 Å². The van der Waals surface area contributed by atoms with E-state index in [-0.39, 0.29) is 30.4 Å². The minimum Gasteiger partial charge on any atom is -0.481 e. The number of aliphatic carboxylic acids is 1. The highest BCUT2D eigenvalue weighted by atomic mass is 16.5. The van der Waals surface area contributed by atoms with E-state index < -0.39 is 12.1 Å². The van der Waals surface area contributed by atoms with E-state index in [2.05, 4.69) is 4.98 Å². The fourth-order valence-electron chi connectivity index (χ4n) is 4.34. The number of carbonyl (C=O) groups excluding carboxylic acids is 2. The number of anilines is 1. The Morgan fingerprint density at radius 1 is 1.16 bits per heavy atom. The summed E-state index contributed by atoms with van der Waals surface area (Å²) in [6.45, 7) is 1.16. The summed E-state index contributed by atoms with van der Waals surface area (Å²) in [5.41, 5.74) is 1.89.